The second kappa shape index (κ2) is 8.30. The molecule has 0 spiro atoms. The van der Waals surface area contributed by atoms with Gasteiger partial charge in [-0.05, 0) is 30.5 Å². The number of ether oxygens (including phenoxy) is 1. The largest absolute Gasteiger partial charge is 0.417 e. The van der Waals surface area contributed by atoms with E-state index in [4.69, 9.17) is 10.00 Å². The number of nitrogens with zero attached hydrogens (tertiary/aromatic N) is 5. The molecule has 4 rings (SSSR count). The fourth-order valence-corrected chi connectivity index (χ4v) is 6.47. The molecule has 0 unspecified atom stereocenters. The molecule has 0 aliphatic carbocycles. The molecule has 3 heterocycles. The van der Waals surface area contributed by atoms with Crippen molar-refractivity contribution in [2.75, 3.05) is 44.8 Å². The molecule has 1 aromatic carbocycles. The number of methoxy groups -OCH3 is 1. The van der Waals surface area contributed by atoms with Gasteiger partial charge in [-0.25, -0.2) is 13.4 Å². The number of benzene rings is 1. The Morgan fingerprint density at radius 3 is 2.70 bits per heavy atom. The highest BCUT2D eigenvalue weighted by molar-refractivity contribution is 7.89. The molecule has 2 aromatic rings. The van der Waals surface area contributed by atoms with Crippen molar-refractivity contribution in [2.45, 2.75) is 17.6 Å². The molecule has 2 aliphatic heterocycles. The number of hydrogen-bond acceptors (Lipinski definition) is 6. The van der Waals surface area contributed by atoms with E-state index < -0.39 is 32.7 Å². The van der Waals surface area contributed by atoms with Crippen molar-refractivity contribution >= 4 is 15.7 Å². The van der Waals surface area contributed by atoms with Crippen LogP contribution in [-0.2, 0) is 28.0 Å². The summed E-state index contributed by atoms with van der Waals surface area (Å²) in [5.74, 6) is 0.0395. The Bertz CT molecular complexity index is 1190. The molecule has 1 aromatic heterocycles. The summed E-state index contributed by atoms with van der Waals surface area (Å²) >= 11 is 0. The number of aromatic nitrogens is 2. The highest BCUT2D eigenvalue weighted by Crippen LogP contribution is 2.46. The van der Waals surface area contributed by atoms with Crippen LogP contribution in [0.2, 0.25) is 0 Å². The molecular weight excluding hydrogens is 459 g/mol. The molecule has 33 heavy (non-hydrogen) atoms. The number of sulfonamides is 1. The number of anilines is 1. The summed E-state index contributed by atoms with van der Waals surface area (Å²) in [5.41, 5.74) is -1.63. The van der Waals surface area contributed by atoms with Crippen LogP contribution >= 0.6 is 0 Å². The van der Waals surface area contributed by atoms with E-state index in [1.165, 1.54) is 36.1 Å². The maximum atomic E-state index is 13.5. The predicted molar refractivity (Wildman–Crippen MR) is 113 cm³/mol. The van der Waals surface area contributed by atoms with Gasteiger partial charge in [-0.15, -0.1) is 0 Å². The van der Waals surface area contributed by atoms with Gasteiger partial charge in [0.25, 0.3) is 10.0 Å². The van der Waals surface area contributed by atoms with Gasteiger partial charge in [0.05, 0.1) is 30.1 Å². The molecule has 0 radical (unpaired) electrons. The molecule has 12 heteroatoms. The lowest BCUT2D eigenvalue weighted by Gasteiger charge is -2.42. The van der Waals surface area contributed by atoms with Crippen molar-refractivity contribution in [3.63, 3.8) is 0 Å². The van der Waals surface area contributed by atoms with Crippen LogP contribution in [0.15, 0.2) is 35.7 Å². The Morgan fingerprint density at radius 1 is 1.33 bits per heavy atom. The van der Waals surface area contributed by atoms with Crippen LogP contribution in [0.25, 0.3) is 0 Å². The zero-order chi connectivity index (χ0) is 24.0. The van der Waals surface area contributed by atoms with E-state index in [0.717, 1.165) is 6.07 Å². The van der Waals surface area contributed by atoms with Gasteiger partial charge in [0.1, 0.15) is 0 Å². The van der Waals surface area contributed by atoms with Gasteiger partial charge in [-0.3, -0.25) is 0 Å². The number of hydrogen-bond donors (Lipinski definition) is 0. The number of halogens is 3. The fraction of sp³-hybridized carbons (Fsp3) is 0.524. The van der Waals surface area contributed by atoms with Crippen LogP contribution in [0.4, 0.5) is 18.9 Å². The number of fused-ring (bicyclic) bond motifs is 1. The van der Waals surface area contributed by atoms with Crippen LogP contribution < -0.4 is 4.90 Å². The van der Waals surface area contributed by atoms with Gasteiger partial charge in [-0.2, -0.15) is 22.7 Å². The summed E-state index contributed by atoms with van der Waals surface area (Å²) < 4.78 is 75.1. The predicted octanol–water partition coefficient (Wildman–Crippen LogP) is 2.47. The molecule has 2 fully saturated rings. The Balaban J connectivity index is 1.64. The summed E-state index contributed by atoms with van der Waals surface area (Å²) in [4.78, 5) is 5.82. The van der Waals surface area contributed by atoms with Crippen LogP contribution in [0.1, 0.15) is 17.5 Å². The van der Waals surface area contributed by atoms with Crippen molar-refractivity contribution in [1.82, 2.24) is 13.9 Å². The highest BCUT2D eigenvalue weighted by Gasteiger charge is 2.52. The Labute approximate surface area is 190 Å². The van der Waals surface area contributed by atoms with E-state index in [-0.39, 0.29) is 24.1 Å². The van der Waals surface area contributed by atoms with E-state index in [1.807, 2.05) is 4.90 Å². The van der Waals surface area contributed by atoms with Crippen molar-refractivity contribution in [3.8, 4) is 6.07 Å². The smallest absolute Gasteiger partial charge is 0.384 e. The first-order valence-electron chi connectivity index (χ1n) is 10.3. The molecule has 2 atom stereocenters. The zero-order valence-electron chi connectivity index (χ0n) is 18.2. The number of alkyl halides is 3. The van der Waals surface area contributed by atoms with E-state index >= 15 is 0 Å². The Morgan fingerprint density at radius 2 is 2.09 bits per heavy atom. The topological polar surface area (TPSA) is 91.5 Å². The number of piperidine rings is 1. The molecular formula is C21H24F3N5O3S. The van der Waals surface area contributed by atoms with Gasteiger partial charge >= 0.3 is 6.18 Å². The first kappa shape index (κ1) is 23.5. The second-order valence-corrected chi connectivity index (χ2v) is 10.6. The molecule has 0 N–H and O–H groups in total. The standard InChI is InChI=1S/C21H24F3N5O3S/c1-27-10-19(26-14-27)33(30,31)29-6-5-16-9-28(11-20(16,12-29)13-32-2)17-4-3-15(8-25)18(7-17)21(22,23)24/h3-4,7,10,14,16H,5-6,9,11-13H2,1-2H3/t16-,20-/m1/s1. The van der Waals surface area contributed by atoms with E-state index in [0.29, 0.717) is 31.7 Å². The van der Waals surface area contributed by atoms with Crippen molar-refractivity contribution in [3.05, 3.63) is 41.9 Å². The summed E-state index contributed by atoms with van der Waals surface area (Å²) in [6, 6.07) is 5.29. The van der Waals surface area contributed by atoms with Crippen LogP contribution in [0.5, 0.6) is 0 Å². The van der Waals surface area contributed by atoms with Crippen molar-refractivity contribution in [1.29, 1.82) is 5.26 Å². The summed E-state index contributed by atoms with van der Waals surface area (Å²) in [6.07, 6.45) is -1.23. The zero-order valence-corrected chi connectivity index (χ0v) is 19.0. The average molecular weight is 484 g/mol. The van der Waals surface area contributed by atoms with Gasteiger partial charge in [0.2, 0.25) is 0 Å². The maximum Gasteiger partial charge on any atom is 0.417 e. The third-order valence-electron chi connectivity index (χ3n) is 6.54. The van der Waals surface area contributed by atoms with E-state index in [2.05, 4.69) is 4.98 Å². The van der Waals surface area contributed by atoms with Gasteiger partial charge < -0.3 is 14.2 Å². The normalized spacial score (nSPS) is 24.0. The third-order valence-corrected chi connectivity index (χ3v) is 8.27. The quantitative estimate of drug-likeness (QED) is 0.649. The molecule has 8 nitrogen and oxygen atoms in total. The summed E-state index contributed by atoms with van der Waals surface area (Å²) in [6.45, 7) is 1.56. The average Bonchev–Trinajstić information content (AvgIpc) is 3.36. The monoisotopic (exact) mass is 483 g/mol. The lowest BCUT2D eigenvalue weighted by molar-refractivity contribution is -0.137. The molecule has 2 aliphatic rings. The van der Waals surface area contributed by atoms with Gasteiger partial charge in [0, 0.05) is 57.6 Å². The first-order valence-corrected chi connectivity index (χ1v) is 11.8. The van der Waals surface area contributed by atoms with Crippen molar-refractivity contribution < 1.29 is 26.3 Å². The molecule has 2 saturated heterocycles. The van der Waals surface area contributed by atoms with E-state index in [1.54, 1.807) is 17.7 Å². The number of nitriles is 1. The number of aryl methyl sites for hydroxylation is 1. The minimum absolute atomic E-state index is 0.0345. The van der Waals surface area contributed by atoms with E-state index in [9.17, 15) is 21.6 Å². The summed E-state index contributed by atoms with van der Waals surface area (Å²) in [7, 11) is -0.592. The minimum Gasteiger partial charge on any atom is -0.384 e. The van der Waals surface area contributed by atoms with Crippen molar-refractivity contribution in [2.24, 2.45) is 18.4 Å². The third kappa shape index (κ3) is 4.20. The summed E-state index contributed by atoms with van der Waals surface area (Å²) in [5, 5.41) is 9.03. The fourth-order valence-electron chi connectivity index (χ4n) is 4.95. The van der Waals surface area contributed by atoms with Crippen LogP contribution in [0, 0.1) is 22.7 Å². The molecule has 0 amide bonds. The minimum atomic E-state index is -4.65. The van der Waals surface area contributed by atoms with Gasteiger partial charge in [-0.1, -0.05) is 0 Å². The second-order valence-electron chi connectivity index (χ2n) is 8.72. The molecule has 178 valence electrons. The lowest BCUT2D eigenvalue weighted by atomic mass is 9.74. The van der Waals surface area contributed by atoms with Gasteiger partial charge in [0.15, 0.2) is 5.03 Å². The van der Waals surface area contributed by atoms with Crippen LogP contribution in [0.3, 0.4) is 0 Å². The molecule has 0 saturated carbocycles. The lowest BCUT2D eigenvalue weighted by Crippen LogP contribution is -2.52. The Hall–Kier alpha value is -2.62. The Kier molecular flexibility index (Phi) is 5.92. The maximum absolute atomic E-state index is 13.5. The first-order chi connectivity index (χ1) is 15.5. The highest BCUT2D eigenvalue weighted by atomic mass is 32.2. The molecule has 0 bridgehead atoms. The number of rotatable bonds is 5. The number of imidazole rings is 1. The van der Waals surface area contributed by atoms with Crippen LogP contribution in [-0.4, -0.2) is 62.2 Å². The SMILES string of the molecule is COC[C@]12CN(c3ccc(C#N)c(C(F)(F)F)c3)C[C@H]1CCN(S(=O)(=O)c1cn(C)cn1)C2.